The second-order valence-electron chi connectivity index (χ2n) is 16.3. The molecule has 0 radical (unpaired) electrons. The van der Waals surface area contributed by atoms with Gasteiger partial charge in [-0.1, -0.05) is 59.8 Å². The number of aliphatic hydroxyl groups excluding tert-OH is 1. The number of ether oxygens (including phenoxy) is 1. The van der Waals surface area contributed by atoms with Crippen LogP contribution in [0.15, 0.2) is 42.0 Å². The Kier molecular flexibility index (Phi) is 7.47. The number of aliphatic carboxylic acids is 1. The van der Waals surface area contributed by atoms with Crippen LogP contribution >= 0.6 is 0 Å². The first-order valence-corrected chi connectivity index (χ1v) is 16.9. The van der Waals surface area contributed by atoms with Gasteiger partial charge in [0.1, 0.15) is 11.4 Å². The molecule has 0 bridgehead atoms. The predicted molar refractivity (Wildman–Crippen MR) is 170 cm³/mol. The number of carbonyl (C=O) groups excluding carboxylic acids is 1. The molecule has 0 amide bonds. The van der Waals surface area contributed by atoms with Crippen molar-refractivity contribution in [2.45, 2.75) is 111 Å². The maximum absolute atomic E-state index is 13.9. The van der Waals surface area contributed by atoms with Gasteiger partial charge >= 0.3 is 11.9 Å². The fourth-order valence-corrected chi connectivity index (χ4v) is 11.6. The van der Waals surface area contributed by atoms with E-state index in [4.69, 9.17) is 4.74 Å². The lowest BCUT2D eigenvalue weighted by atomic mass is 9.35. The lowest BCUT2D eigenvalue weighted by Gasteiger charge is -2.70. The van der Waals surface area contributed by atoms with Crippen molar-refractivity contribution in [1.29, 1.82) is 0 Å². The summed E-state index contributed by atoms with van der Waals surface area (Å²) in [6.07, 6.45) is 12.2. The Hall–Kier alpha value is -2.60. The quantitative estimate of drug-likeness (QED) is 0.184. The third kappa shape index (κ3) is 4.29. The summed E-state index contributed by atoms with van der Waals surface area (Å²) in [5.41, 5.74) is -0.480. The summed E-state index contributed by atoms with van der Waals surface area (Å²) in [7, 11) is 0. The summed E-state index contributed by atoms with van der Waals surface area (Å²) in [6, 6.07) is 6.71. The summed E-state index contributed by atoms with van der Waals surface area (Å²) >= 11 is 0. The molecule has 0 aliphatic heterocycles. The lowest BCUT2D eigenvalue weighted by molar-refractivity contribution is -0.238. The van der Waals surface area contributed by atoms with Crippen LogP contribution in [0.3, 0.4) is 0 Å². The van der Waals surface area contributed by atoms with Gasteiger partial charge in [0.05, 0.1) is 11.5 Å². The van der Waals surface area contributed by atoms with Crippen LogP contribution in [0.25, 0.3) is 6.08 Å². The maximum Gasteiger partial charge on any atom is 0.331 e. The van der Waals surface area contributed by atoms with Crippen molar-refractivity contribution in [1.82, 2.24) is 0 Å². The normalized spacial score (nSPS) is 44.4. The van der Waals surface area contributed by atoms with Crippen LogP contribution in [0.2, 0.25) is 0 Å². The van der Waals surface area contributed by atoms with Crippen LogP contribution in [0.4, 0.5) is 0 Å². The molecular formula is C38H52O6. The number of phenols is 1. The number of hydrogen-bond acceptors (Lipinski definition) is 5. The number of hydrogen-bond donors (Lipinski definition) is 3. The number of phenolic OH excluding ortho intramolecular Hbond substituents is 1. The SMILES string of the molecule is C[C@@H]1CC[C@]2(C(=O)O)CC[C@]3(OC(=O)/C=C\c4ccc(O)cc4)C(=CCC4[C@@]5(C)CC[C@H](O)C(C)(C)C5CC[C@]43C)C2[C@H]1C. The number of rotatable bonds is 4. The van der Waals surface area contributed by atoms with E-state index in [2.05, 4.69) is 47.6 Å². The average Bonchev–Trinajstić information content (AvgIpc) is 2.97. The molecule has 6 heteroatoms. The number of carbonyl (C=O) groups is 2. The van der Waals surface area contributed by atoms with E-state index in [0.717, 1.165) is 49.7 Å². The van der Waals surface area contributed by atoms with Crippen molar-refractivity contribution < 1.29 is 29.6 Å². The number of aromatic hydroxyl groups is 1. The molecule has 0 aromatic heterocycles. The van der Waals surface area contributed by atoms with Crippen molar-refractivity contribution in [2.75, 3.05) is 0 Å². The molecule has 44 heavy (non-hydrogen) atoms. The molecule has 0 heterocycles. The van der Waals surface area contributed by atoms with Crippen LogP contribution in [-0.2, 0) is 14.3 Å². The van der Waals surface area contributed by atoms with Crippen molar-refractivity contribution >= 4 is 18.0 Å². The second kappa shape index (κ2) is 10.5. The minimum absolute atomic E-state index is 0.0359. The summed E-state index contributed by atoms with van der Waals surface area (Å²) in [5, 5.41) is 31.6. The molecule has 6 rings (SSSR count). The molecule has 240 valence electrons. The highest BCUT2D eigenvalue weighted by molar-refractivity contribution is 5.88. The smallest absolute Gasteiger partial charge is 0.331 e. The molecule has 4 saturated carbocycles. The molecule has 3 N–H and O–H groups in total. The summed E-state index contributed by atoms with van der Waals surface area (Å²) < 4.78 is 6.87. The van der Waals surface area contributed by atoms with E-state index < -0.39 is 23.0 Å². The minimum atomic E-state index is -0.893. The van der Waals surface area contributed by atoms with Gasteiger partial charge in [-0.2, -0.15) is 0 Å². The molecule has 6 nitrogen and oxygen atoms in total. The Bertz CT molecular complexity index is 1380. The monoisotopic (exact) mass is 604 g/mol. The molecule has 5 aliphatic rings. The van der Waals surface area contributed by atoms with E-state index in [1.165, 1.54) is 6.08 Å². The molecule has 3 unspecified atom stereocenters. The average molecular weight is 605 g/mol. The van der Waals surface area contributed by atoms with Crippen molar-refractivity contribution in [2.24, 2.45) is 51.2 Å². The van der Waals surface area contributed by atoms with Crippen molar-refractivity contribution in [3.05, 3.63) is 47.6 Å². The highest BCUT2D eigenvalue weighted by Gasteiger charge is 2.72. The zero-order valence-electron chi connectivity index (χ0n) is 27.4. The molecule has 0 spiro atoms. The van der Waals surface area contributed by atoms with Crippen LogP contribution in [0.5, 0.6) is 5.75 Å². The third-order valence-corrected chi connectivity index (χ3v) is 14.3. The molecule has 4 fully saturated rings. The Morgan fingerprint density at radius 2 is 1.61 bits per heavy atom. The van der Waals surface area contributed by atoms with Crippen LogP contribution in [-0.4, -0.2) is 39.0 Å². The zero-order chi connectivity index (χ0) is 31.9. The van der Waals surface area contributed by atoms with Gasteiger partial charge in [-0.15, -0.1) is 0 Å². The molecular weight excluding hydrogens is 552 g/mol. The third-order valence-electron chi connectivity index (χ3n) is 14.3. The molecule has 1 aromatic rings. The van der Waals surface area contributed by atoms with Gasteiger partial charge in [0.2, 0.25) is 0 Å². The van der Waals surface area contributed by atoms with Gasteiger partial charge in [-0.05, 0) is 122 Å². The van der Waals surface area contributed by atoms with E-state index in [-0.39, 0.29) is 45.9 Å². The first kappa shape index (κ1) is 31.4. The van der Waals surface area contributed by atoms with E-state index >= 15 is 0 Å². The highest BCUT2D eigenvalue weighted by atomic mass is 16.6. The Labute approximate surface area is 263 Å². The van der Waals surface area contributed by atoms with E-state index in [0.29, 0.717) is 31.1 Å². The highest BCUT2D eigenvalue weighted by Crippen LogP contribution is 2.74. The number of allylic oxidation sites excluding steroid dienone is 1. The minimum Gasteiger partial charge on any atom is -0.508 e. The van der Waals surface area contributed by atoms with Gasteiger partial charge in [-0.25, -0.2) is 4.79 Å². The summed E-state index contributed by atoms with van der Waals surface area (Å²) in [6.45, 7) is 13.7. The first-order chi connectivity index (χ1) is 20.6. The zero-order valence-corrected chi connectivity index (χ0v) is 27.4. The number of benzene rings is 1. The van der Waals surface area contributed by atoms with Gasteiger partial charge in [0, 0.05) is 17.4 Å². The fourth-order valence-electron chi connectivity index (χ4n) is 11.6. The van der Waals surface area contributed by atoms with E-state index in [1.807, 2.05) is 0 Å². The Balaban J connectivity index is 1.47. The van der Waals surface area contributed by atoms with Crippen LogP contribution in [0, 0.1) is 51.2 Å². The van der Waals surface area contributed by atoms with Gasteiger partial charge in [-0.3, -0.25) is 4.79 Å². The van der Waals surface area contributed by atoms with Crippen molar-refractivity contribution in [3.8, 4) is 5.75 Å². The fraction of sp³-hybridized carbons (Fsp3) is 0.684. The molecule has 5 aliphatic carbocycles. The van der Waals surface area contributed by atoms with Crippen LogP contribution < -0.4 is 0 Å². The maximum atomic E-state index is 13.9. The number of carboxylic acids is 1. The van der Waals surface area contributed by atoms with Crippen LogP contribution in [0.1, 0.15) is 105 Å². The number of fused-ring (bicyclic) bond motifs is 7. The lowest BCUT2D eigenvalue weighted by Crippen LogP contribution is -2.69. The summed E-state index contributed by atoms with van der Waals surface area (Å²) in [4.78, 5) is 27.1. The molecule has 0 saturated heterocycles. The van der Waals surface area contributed by atoms with E-state index in [1.54, 1.807) is 30.3 Å². The van der Waals surface area contributed by atoms with Crippen molar-refractivity contribution in [3.63, 3.8) is 0 Å². The number of carboxylic acid groups (broad SMARTS) is 1. The van der Waals surface area contributed by atoms with Gasteiger partial charge < -0.3 is 20.1 Å². The van der Waals surface area contributed by atoms with Gasteiger partial charge in [0.25, 0.3) is 0 Å². The van der Waals surface area contributed by atoms with Gasteiger partial charge in [0.15, 0.2) is 0 Å². The summed E-state index contributed by atoms with van der Waals surface area (Å²) in [5.74, 6) is 0.0102. The number of aliphatic hydroxyl groups is 1. The predicted octanol–water partition coefficient (Wildman–Crippen LogP) is 7.78. The largest absolute Gasteiger partial charge is 0.508 e. The Morgan fingerprint density at radius 3 is 2.30 bits per heavy atom. The molecule has 10 atom stereocenters. The Morgan fingerprint density at radius 1 is 0.909 bits per heavy atom. The standard InChI is InChI=1S/C38H52O6/c1-23-15-20-37(33(42)43)21-22-38(44-31(41)14-9-25-7-10-26(39)11-8-25)27(32(37)24(23)2)12-13-29-35(5)18-17-30(40)34(3,4)28(35)16-19-36(29,38)6/h7-12,14,23-24,28-30,32,39-40H,13,15-22H2,1-6H3,(H,42,43)/b14-9-/t23-,24+,28?,29?,30+,32?,35+,36-,37+,38+/m1/s1. The number of esters is 1. The second-order valence-corrected chi connectivity index (χ2v) is 16.3. The van der Waals surface area contributed by atoms with E-state index in [9.17, 15) is 24.9 Å². The topological polar surface area (TPSA) is 104 Å². The first-order valence-electron chi connectivity index (χ1n) is 16.9. The molecule has 1 aromatic carbocycles.